The number of allylic oxidation sites excluding steroid dienone is 3. The Labute approximate surface area is 228 Å². The van der Waals surface area contributed by atoms with Crippen LogP contribution >= 0.6 is 0 Å². The molecule has 0 aromatic rings. The van der Waals surface area contributed by atoms with Gasteiger partial charge in [-0.15, -0.1) is 0 Å². The minimum absolute atomic E-state index is 0.00257. The number of aliphatic hydroxyl groups excluding tert-OH is 2. The number of carbonyl (C=O) groups excluding carboxylic acids is 1. The van der Waals surface area contributed by atoms with Gasteiger partial charge in [-0.25, -0.2) is 0 Å². The summed E-state index contributed by atoms with van der Waals surface area (Å²) in [6.45, 7) is 15.0. The molecule has 2 N–H and O–H groups in total. The van der Waals surface area contributed by atoms with Crippen molar-refractivity contribution in [2.45, 2.75) is 117 Å². The smallest absolute Gasteiger partial charge is 0.293 e. The molecular formula is C31H48O7. The first kappa shape index (κ1) is 30.8. The van der Waals surface area contributed by atoms with Crippen LogP contribution in [0.15, 0.2) is 47.1 Å². The topological polar surface area (TPSA) is 94.5 Å². The molecule has 214 valence electrons. The summed E-state index contributed by atoms with van der Waals surface area (Å²) < 4.78 is 23.8. The van der Waals surface area contributed by atoms with Crippen LogP contribution in [0.3, 0.4) is 0 Å². The summed E-state index contributed by atoms with van der Waals surface area (Å²) in [7, 11) is 0. The summed E-state index contributed by atoms with van der Waals surface area (Å²) in [6, 6.07) is 0. The Morgan fingerprint density at radius 2 is 2.03 bits per heavy atom. The molecule has 0 aromatic carbocycles. The molecule has 0 amide bonds. The van der Waals surface area contributed by atoms with Crippen LogP contribution in [-0.2, 0) is 23.7 Å². The fraction of sp³-hybridized carbons (Fsp3) is 0.710. The Bertz CT molecular complexity index is 919. The highest BCUT2D eigenvalue weighted by atomic mass is 16.7. The van der Waals surface area contributed by atoms with Gasteiger partial charge < -0.3 is 29.2 Å². The van der Waals surface area contributed by atoms with Gasteiger partial charge in [0.2, 0.25) is 0 Å². The molecule has 2 fully saturated rings. The molecule has 7 nitrogen and oxygen atoms in total. The van der Waals surface area contributed by atoms with Crippen LogP contribution in [0.1, 0.15) is 74.1 Å². The van der Waals surface area contributed by atoms with E-state index in [4.69, 9.17) is 18.9 Å². The van der Waals surface area contributed by atoms with Gasteiger partial charge in [0.25, 0.3) is 6.47 Å². The van der Waals surface area contributed by atoms with Crippen molar-refractivity contribution in [3.63, 3.8) is 0 Å². The molecule has 2 heterocycles. The molecule has 0 saturated carbocycles. The summed E-state index contributed by atoms with van der Waals surface area (Å²) in [6.07, 6.45) is 10.9. The maximum absolute atomic E-state index is 11.0. The number of carbonyl (C=O) groups is 1. The first-order valence-corrected chi connectivity index (χ1v) is 14.1. The number of hydrogen-bond acceptors (Lipinski definition) is 7. The Kier molecular flexibility index (Phi) is 11.0. The minimum Gasteiger partial charge on any atom is -0.464 e. The molecular weight excluding hydrogens is 484 g/mol. The van der Waals surface area contributed by atoms with E-state index in [0.29, 0.717) is 38.3 Å². The molecule has 2 aliphatic heterocycles. The molecule has 7 heteroatoms. The van der Waals surface area contributed by atoms with Gasteiger partial charge in [0, 0.05) is 24.7 Å². The third-order valence-corrected chi connectivity index (χ3v) is 8.34. The Balaban J connectivity index is 1.58. The maximum Gasteiger partial charge on any atom is 0.293 e. The molecule has 2 saturated heterocycles. The fourth-order valence-corrected chi connectivity index (χ4v) is 5.57. The first-order chi connectivity index (χ1) is 17.9. The van der Waals surface area contributed by atoms with Gasteiger partial charge in [-0.3, -0.25) is 4.79 Å². The van der Waals surface area contributed by atoms with Crippen molar-refractivity contribution in [1.82, 2.24) is 0 Å². The molecule has 0 aromatic heterocycles. The Hall–Kier alpha value is -1.77. The second kappa shape index (κ2) is 13.5. The predicted molar refractivity (Wildman–Crippen MR) is 147 cm³/mol. The van der Waals surface area contributed by atoms with Crippen molar-refractivity contribution < 1.29 is 34.0 Å². The second-order valence-corrected chi connectivity index (χ2v) is 11.9. The SMILES string of the molecule is CC1=CCC2/C(=C/C=C/[C@H](C)[C@H](O)/C(C)=C/CC3C[C@H](OC=O)CC(C)(OC(C)C(C)C)O3)COC2C1O. The number of fused-ring (bicyclic) bond motifs is 1. The summed E-state index contributed by atoms with van der Waals surface area (Å²) >= 11 is 0. The van der Waals surface area contributed by atoms with E-state index < -0.39 is 18.0 Å². The van der Waals surface area contributed by atoms with Gasteiger partial charge in [-0.2, -0.15) is 0 Å². The third kappa shape index (κ3) is 7.89. The predicted octanol–water partition coefficient (Wildman–Crippen LogP) is 5.03. The zero-order chi connectivity index (χ0) is 28.0. The van der Waals surface area contributed by atoms with Gasteiger partial charge in [-0.1, -0.05) is 51.2 Å². The lowest BCUT2D eigenvalue weighted by Gasteiger charge is -2.43. The van der Waals surface area contributed by atoms with Crippen LogP contribution in [0, 0.1) is 17.8 Å². The summed E-state index contributed by atoms with van der Waals surface area (Å²) in [5.41, 5.74) is 3.03. The maximum atomic E-state index is 11.0. The molecule has 3 aliphatic rings. The van der Waals surface area contributed by atoms with Crippen LogP contribution in [0.2, 0.25) is 0 Å². The lowest BCUT2D eigenvalue weighted by Crippen LogP contribution is -2.48. The van der Waals surface area contributed by atoms with E-state index in [1.165, 1.54) is 5.57 Å². The van der Waals surface area contributed by atoms with Gasteiger partial charge >= 0.3 is 0 Å². The van der Waals surface area contributed by atoms with E-state index >= 15 is 0 Å². The van der Waals surface area contributed by atoms with E-state index in [1.54, 1.807) is 0 Å². The van der Waals surface area contributed by atoms with E-state index in [1.807, 2.05) is 52.8 Å². The lowest BCUT2D eigenvalue weighted by molar-refractivity contribution is -0.303. The highest BCUT2D eigenvalue weighted by Crippen LogP contribution is 2.38. The zero-order valence-electron chi connectivity index (χ0n) is 24.1. The zero-order valence-corrected chi connectivity index (χ0v) is 24.1. The number of rotatable bonds is 11. The molecule has 0 bridgehead atoms. The normalized spacial score (nSPS) is 35.7. The molecule has 9 atom stereocenters. The molecule has 3 rings (SSSR count). The molecule has 1 aliphatic carbocycles. The number of ether oxygens (including phenoxy) is 4. The largest absolute Gasteiger partial charge is 0.464 e. The van der Waals surface area contributed by atoms with Crippen molar-refractivity contribution in [3.05, 3.63) is 47.1 Å². The number of hydrogen-bond donors (Lipinski definition) is 2. The van der Waals surface area contributed by atoms with Crippen LogP contribution in [-0.4, -0.2) is 65.7 Å². The second-order valence-electron chi connectivity index (χ2n) is 11.9. The average Bonchev–Trinajstić information content (AvgIpc) is 3.27. The lowest BCUT2D eigenvalue weighted by atomic mass is 9.82. The van der Waals surface area contributed by atoms with Crippen molar-refractivity contribution in [3.8, 4) is 0 Å². The van der Waals surface area contributed by atoms with Crippen molar-refractivity contribution in [1.29, 1.82) is 0 Å². The highest BCUT2D eigenvalue weighted by molar-refractivity contribution is 5.37. The molecule has 6 unspecified atom stereocenters. The van der Waals surface area contributed by atoms with E-state index in [9.17, 15) is 15.0 Å². The Morgan fingerprint density at radius 3 is 2.71 bits per heavy atom. The van der Waals surface area contributed by atoms with Crippen molar-refractivity contribution in [2.75, 3.05) is 6.61 Å². The van der Waals surface area contributed by atoms with Crippen molar-refractivity contribution >= 4 is 6.47 Å². The first-order valence-electron chi connectivity index (χ1n) is 14.1. The minimum atomic E-state index is -0.837. The Morgan fingerprint density at radius 1 is 1.29 bits per heavy atom. The standard InChI is InChI=1S/C31H48O7/c1-19(2)23(6)37-31(7)16-26(36-18-32)15-25(38-31)13-11-21(4)28(33)20(3)9-8-10-24-17-35-30-27(24)14-12-22(5)29(30)34/h8-12,18-20,23,25-30,33-34H,13-17H2,1-7H3/b9-8+,21-11+,24-10+/t20-,23?,25?,26-,27?,28-,29?,30?,31?/m0/s1. The van der Waals surface area contributed by atoms with Gasteiger partial charge in [0.15, 0.2) is 5.79 Å². The van der Waals surface area contributed by atoms with Gasteiger partial charge in [0.1, 0.15) is 12.2 Å². The van der Waals surface area contributed by atoms with Crippen LogP contribution in [0.25, 0.3) is 0 Å². The highest BCUT2D eigenvalue weighted by Gasteiger charge is 2.41. The number of aliphatic hydroxyl groups is 2. The quantitative estimate of drug-likeness (QED) is 0.285. The molecule has 0 radical (unpaired) electrons. The molecule has 38 heavy (non-hydrogen) atoms. The van der Waals surface area contributed by atoms with Crippen LogP contribution in [0.4, 0.5) is 0 Å². The third-order valence-electron chi connectivity index (χ3n) is 8.34. The summed E-state index contributed by atoms with van der Waals surface area (Å²) in [4.78, 5) is 11.0. The monoisotopic (exact) mass is 532 g/mol. The average molecular weight is 533 g/mol. The molecule has 0 spiro atoms. The van der Waals surface area contributed by atoms with E-state index in [-0.39, 0.29) is 36.3 Å². The van der Waals surface area contributed by atoms with E-state index in [0.717, 1.165) is 17.6 Å². The van der Waals surface area contributed by atoms with Crippen molar-refractivity contribution in [2.24, 2.45) is 17.8 Å². The summed E-state index contributed by atoms with van der Waals surface area (Å²) in [5.74, 6) is -0.377. The summed E-state index contributed by atoms with van der Waals surface area (Å²) in [5, 5.41) is 21.3. The van der Waals surface area contributed by atoms with E-state index in [2.05, 4.69) is 26.0 Å². The fourth-order valence-electron chi connectivity index (χ4n) is 5.57. The van der Waals surface area contributed by atoms with Crippen LogP contribution < -0.4 is 0 Å². The van der Waals surface area contributed by atoms with Gasteiger partial charge in [-0.05, 0) is 63.2 Å². The van der Waals surface area contributed by atoms with Gasteiger partial charge in [0.05, 0.1) is 31.0 Å². The van der Waals surface area contributed by atoms with Crippen LogP contribution in [0.5, 0.6) is 0 Å².